The minimum atomic E-state index is -0.139. The molecule has 0 saturated carbocycles. The van der Waals surface area contributed by atoms with Crippen molar-refractivity contribution in [3.8, 4) is 0 Å². The van der Waals surface area contributed by atoms with E-state index in [1.54, 1.807) is 0 Å². The average Bonchev–Trinajstić information content (AvgIpc) is 2.43. The van der Waals surface area contributed by atoms with E-state index in [1.165, 1.54) is 5.56 Å². The Kier molecular flexibility index (Phi) is 7.63. The van der Waals surface area contributed by atoms with Crippen LogP contribution >= 0.6 is 11.6 Å². The maximum atomic E-state index is 11.3. The molecular formula is C16H24ClNO2. The van der Waals surface area contributed by atoms with Crippen LogP contribution < -0.4 is 0 Å². The SMILES string of the molecule is CCOC(=O)CCN(C)CCC(Cl)c1ccc(C)cc1. The zero-order valence-corrected chi connectivity index (χ0v) is 13.3. The number of aryl methyl sites for hydroxylation is 1. The number of hydrogen-bond donors (Lipinski definition) is 0. The standard InChI is InChI=1S/C16H24ClNO2/c1-4-20-16(19)10-12-18(3)11-9-15(17)14-7-5-13(2)6-8-14/h5-8,15H,4,9-12H2,1-3H3. The number of carbonyl (C=O) groups is 1. The number of nitrogens with zero attached hydrogens (tertiary/aromatic N) is 1. The van der Waals surface area contributed by atoms with Gasteiger partial charge >= 0.3 is 5.97 Å². The van der Waals surface area contributed by atoms with Crippen LogP contribution in [0.25, 0.3) is 0 Å². The van der Waals surface area contributed by atoms with Crippen molar-refractivity contribution in [1.29, 1.82) is 0 Å². The smallest absolute Gasteiger partial charge is 0.307 e. The molecule has 4 heteroatoms. The third-order valence-corrected chi connectivity index (χ3v) is 3.68. The average molecular weight is 298 g/mol. The van der Waals surface area contributed by atoms with Gasteiger partial charge in [0.15, 0.2) is 0 Å². The van der Waals surface area contributed by atoms with Crippen LogP contribution in [0.3, 0.4) is 0 Å². The number of halogens is 1. The van der Waals surface area contributed by atoms with Crippen molar-refractivity contribution in [3.63, 3.8) is 0 Å². The van der Waals surface area contributed by atoms with E-state index >= 15 is 0 Å². The zero-order valence-electron chi connectivity index (χ0n) is 12.6. The summed E-state index contributed by atoms with van der Waals surface area (Å²) in [4.78, 5) is 13.4. The van der Waals surface area contributed by atoms with E-state index in [4.69, 9.17) is 16.3 Å². The molecule has 0 fully saturated rings. The fourth-order valence-electron chi connectivity index (χ4n) is 1.90. The van der Waals surface area contributed by atoms with E-state index in [0.29, 0.717) is 19.6 Å². The fraction of sp³-hybridized carbons (Fsp3) is 0.562. The van der Waals surface area contributed by atoms with Gasteiger partial charge in [-0.25, -0.2) is 0 Å². The molecule has 0 heterocycles. The third kappa shape index (κ3) is 6.40. The molecule has 0 aliphatic rings. The first-order valence-electron chi connectivity index (χ1n) is 7.07. The van der Waals surface area contributed by atoms with Gasteiger partial charge in [0.1, 0.15) is 0 Å². The lowest BCUT2D eigenvalue weighted by molar-refractivity contribution is -0.143. The first-order valence-corrected chi connectivity index (χ1v) is 7.51. The summed E-state index contributed by atoms with van der Waals surface area (Å²) in [6, 6.07) is 8.31. The predicted molar refractivity (Wildman–Crippen MR) is 83.1 cm³/mol. The zero-order chi connectivity index (χ0) is 15.0. The second-order valence-electron chi connectivity index (χ2n) is 5.03. The summed E-state index contributed by atoms with van der Waals surface area (Å²) in [5.74, 6) is -0.139. The second kappa shape index (κ2) is 8.98. The van der Waals surface area contributed by atoms with E-state index in [-0.39, 0.29) is 11.3 Å². The molecule has 1 aromatic rings. The summed E-state index contributed by atoms with van der Waals surface area (Å²) < 4.78 is 4.91. The minimum Gasteiger partial charge on any atom is -0.466 e. The number of alkyl halides is 1. The molecule has 20 heavy (non-hydrogen) atoms. The van der Waals surface area contributed by atoms with Crippen molar-refractivity contribution in [1.82, 2.24) is 4.90 Å². The van der Waals surface area contributed by atoms with E-state index in [0.717, 1.165) is 18.5 Å². The molecule has 0 aliphatic carbocycles. The Morgan fingerprint density at radius 2 is 1.95 bits per heavy atom. The lowest BCUT2D eigenvalue weighted by Gasteiger charge is -2.18. The molecule has 0 amide bonds. The van der Waals surface area contributed by atoms with Crippen LogP contribution in [0.5, 0.6) is 0 Å². The van der Waals surface area contributed by atoms with Crippen molar-refractivity contribution in [2.45, 2.75) is 32.1 Å². The number of ether oxygens (including phenoxy) is 1. The molecule has 0 bridgehead atoms. The maximum Gasteiger partial charge on any atom is 0.307 e. The third-order valence-electron chi connectivity index (χ3n) is 3.21. The summed E-state index contributed by atoms with van der Waals surface area (Å²) in [6.07, 6.45) is 1.30. The fourth-order valence-corrected chi connectivity index (χ4v) is 2.15. The van der Waals surface area contributed by atoms with Gasteiger partial charge in [-0.15, -0.1) is 11.6 Å². The maximum absolute atomic E-state index is 11.3. The summed E-state index contributed by atoms with van der Waals surface area (Å²) in [6.45, 7) is 5.90. The van der Waals surface area contributed by atoms with Crippen LogP contribution in [0.1, 0.15) is 36.3 Å². The normalized spacial score (nSPS) is 12.4. The van der Waals surface area contributed by atoms with Gasteiger partial charge in [0.2, 0.25) is 0 Å². The quantitative estimate of drug-likeness (QED) is 0.543. The predicted octanol–water partition coefficient (Wildman–Crippen LogP) is 3.55. The molecule has 0 radical (unpaired) electrons. The highest BCUT2D eigenvalue weighted by atomic mass is 35.5. The van der Waals surface area contributed by atoms with Crippen LogP contribution in [0.4, 0.5) is 0 Å². The Labute approximate surface area is 126 Å². The monoisotopic (exact) mass is 297 g/mol. The molecule has 112 valence electrons. The van der Waals surface area contributed by atoms with Crippen LogP contribution in [0, 0.1) is 6.92 Å². The molecule has 3 nitrogen and oxygen atoms in total. The van der Waals surface area contributed by atoms with E-state index in [9.17, 15) is 4.79 Å². The number of esters is 1. The van der Waals surface area contributed by atoms with Crippen LogP contribution in [0.15, 0.2) is 24.3 Å². The Bertz CT molecular complexity index is 405. The van der Waals surface area contributed by atoms with Gasteiger partial charge in [-0.1, -0.05) is 29.8 Å². The number of rotatable bonds is 8. The van der Waals surface area contributed by atoms with Crippen LogP contribution in [-0.2, 0) is 9.53 Å². The number of benzene rings is 1. The van der Waals surface area contributed by atoms with Crippen molar-refractivity contribution >= 4 is 17.6 Å². The van der Waals surface area contributed by atoms with Gasteiger partial charge in [0.25, 0.3) is 0 Å². The largest absolute Gasteiger partial charge is 0.466 e. The first-order chi connectivity index (χ1) is 9.52. The molecule has 1 atom stereocenters. The Balaban J connectivity index is 2.28. The van der Waals surface area contributed by atoms with E-state index in [2.05, 4.69) is 36.1 Å². The summed E-state index contributed by atoms with van der Waals surface area (Å²) >= 11 is 6.40. The van der Waals surface area contributed by atoms with Gasteiger partial charge in [0, 0.05) is 6.54 Å². The molecule has 0 aliphatic heterocycles. The van der Waals surface area contributed by atoms with Crippen molar-refractivity contribution in [2.75, 3.05) is 26.7 Å². The second-order valence-corrected chi connectivity index (χ2v) is 5.55. The molecular weight excluding hydrogens is 274 g/mol. The Morgan fingerprint density at radius 1 is 1.30 bits per heavy atom. The first kappa shape index (κ1) is 17.0. The molecule has 1 rings (SSSR count). The lowest BCUT2D eigenvalue weighted by atomic mass is 10.1. The van der Waals surface area contributed by atoms with E-state index < -0.39 is 0 Å². The van der Waals surface area contributed by atoms with Gasteiger partial charge in [0.05, 0.1) is 18.4 Å². The topological polar surface area (TPSA) is 29.5 Å². The van der Waals surface area contributed by atoms with Crippen molar-refractivity contribution < 1.29 is 9.53 Å². The van der Waals surface area contributed by atoms with Crippen molar-refractivity contribution in [2.24, 2.45) is 0 Å². The van der Waals surface area contributed by atoms with Gasteiger partial charge < -0.3 is 9.64 Å². The summed E-state index contributed by atoms with van der Waals surface area (Å²) in [7, 11) is 2.00. The van der Waals surface area contributed by atoms with Crippen molar-refractivity contribution in [3.05, 3.63) is 35.4 Å². The molecule has 0 saturated heterocycles. The lowest BCUT2D eigenvalue weighted by Crippen LogP contribution is -2.24. The number of carbonyl (C=O) groups excluding carboxylic acids is 1. The highest BCUT2D eigenvalue weighted by Crippen LogP contribution is 2.24. The molecule has 0 N–H and O–H groups in total. The minimum absolute atomic E-state index is 0.0145. The van der Waals surface area contributed by atoms with Crippen LogP contribution in [0.2, 0.25) is 0 Å². The Hall–Kier alpha value is -1.06. The molecule has 0 spiro atoms. The highest BCUT2D eigenvalue weighted by molar-refractivity contribution is 6.20. The summed E-state index contributed by atoms with van der Waals surface area (Å²) in [5, 5.41) is 0.0145. The summed E-state index contributed by atoms with van der Waals surface area (Å²) in [5.41, 5.74) is 2.39. The van der Waals surface area contributed by atoms with Crippen LogP contribution in [-0.4, -0.2) is 37.6 Å². The highest BCUT2D eigenvalue weighted by Gasteiger charge is 2.10. The molecule has 1 aromatic carbocycles. The number of hydrogen-bond acceptors (Lipinski definition) is 3. The van der Waals surface area contributed by atoms with Gasteiger partial charge in [-0.2, -0.15) is 0 Å². The molecule has 0 aromatic heterocycles. The van der Waals surface area contributed by atoms with Gasteiger partial charge in [-0.3, -0.25) is 4.79 Å². The Morgan fingerprint density at radius 3 is 2.55 bits per heavy atom. The van der Waals surface area contributed by atoms with Gasteiger partial charge in [-0.05, 0) is 39.4 Å². The molecule has 1 unspecified atom stereocenters. The van der Waals surface area contributed by atoms with E-state index in [1.807, 2.05) is 14.0 Å².